The third kappa shape index (κ3) is 2.15. The van der Waals surface area contributed by atoms with E-state index in [2.05, 4.69) is 10.6 Å². The fourth-order valence-corrected chi connectivity index (χ4v) is 2.14. The molecule has 2 saturated heterocycles. The first-order chi connectivity index (χ1) is 7.50. The molecule has 1 amide bonds. The standard InChI is InChI=1S/C9H14F3N3O/c10-9(11,12)8(16)15-4-3-13-5-7(15)6-1-2-14-6/h6-7,13-14H,1-5H2. The molecule has 92 valence electrons. The molecule has 16 heavy (non-hydrogen) atoms. The van der Waals surface area contributed by atoms with Crippen LogP contribution in [0.15, 0.2) is 0 Å². The Hall–Kier alpha value is -0.820. The lowest BCUT2D eigenvalue weighted by molar-refractivity contribution is -0.189. The van der Waals surface area contributed by atoms with Crippen LogP contribution in [0.2, 0.25) is 0 Å². The number of carbonyl (C=O) groups excluding carboxylic acids is 1. The quantitative estimate of drug-likeness (QED) is 0.659. The first-order valence-corrected chi connectivity index (χ1v) is 5.32. The van der Waals surface area contributed by atoms with Crippen molar-refractivity contribution < 1.29 is 18.0 Å². The van der Waals surface area contributed by atoms with E-state index in [0.29, 0.717) is 13.1 Å². The molecule has 2 aliphatic heterocycles. The van der Waals surface area contributed by atoms with Gasteiger partial charge in [0.15, 0.2) is 0 Å². The van der Waals surface area contributed by atoms with Crippen molar-refractivity contribution in [2.45, 2.75) is 24.7 Å². The van der Waals surface area contributed by atoms with Crippen molar-refractivity contribution in [3.05, 3.63) is 0 Å². The zero-order valence-corrected chi connectivity index (χ0v) is 8.68. The zero-order chi connectivity index (χ0) is 11.8. The number of amides is 1. The monoisotopic (exact) mass is 237 g/mol. The number of carbonyl (C=O) groups is 1. The number of halogens is 3. The summed E-state index contributed by atoms with van der Waals surface area (Å²) < 4.78 is 37.1. The molecule has 0 aromatic rings. The summed E-state index contributed by atoms with van der Waals surface area (Å²) in [4.78, 5) is 12.2. The molecular weight excluding hydrogens is 223 g/mol. The molecule has 0 aromatic heterocycles. The van der Waals surface area contributed by atoms with Crippen LogP contribution in [0.25, 0.3) is 0 Å². The predicted molar refractivity (Wildman–Crippen MR) is 50.8 cm³/mol. The summed E-state index contributed by atoms with van der Waals surface area (Å²) >= 11 is 0. The summed E-state index contributed by atoms with van der Waals surface area (Å²) in [5, 5.41) is 6.07. The molecule has 0 saturated carbocycles. The Morgan fingerprint density at radius 3 is 2.50 bits per heavy atom. The summed E-state index contributed by atoms with van der Waals surface area (Å²) in [6, 6.07) is -0.379. The minimum Gasteiger partial charge on any atom is -0.328 e. The highest BCUT2D eigenvalue weighted by molar-refractivity contribution is 5.82. The zero-order valence-electron chi connectivity index (χ0n) is 8.68. The molecule has 2 fully saturated rings. The number of alkyl halides is 3. The first-order valence-electron chi connectivity index (χ1n) is 5.32. The van der Waals surface area contributed by atoms with E-state index in [9.17, 15) is 18.0 Å². The highest BCUT2D eigenvalue weighted by Crippen LogP contribution is 2.23. The number of hydrogen-bond donors (Lipinski definition) is 2. The van der Waals surface area contributed by atoms with Crippen molar-refractivity contribution in [2.24, 2.45) is 0 Å². The molecular formula is C9H14F3N3O. The van der Waals surface area contributed by atoms with Crippen LogP contribution >= 0.6 is 0 Å². The van der Waals surface area contributed by atoms with Crippen LogP contribution in [0, 0.1) is 0 Å². The number of piperazine rings is 1. The van der Waals surface area contributed by atoms with Crippen LogP contribution < -0.4 is 10.6 Å². The SMILES string of the molecule is O=C(N1CCNCC1C1CCN1)C(F)(F)F. The van der Waals surface area contributed by atoms with E-state index in [0.717, 1.165) is 17.9 Å². The highest BCUT2D eigenvalue weighted by atomic mass is 19.4. The summed E-state index contributed by atoms with van der Waals surface area (Å²) in [7, 11) is 0. The molecule has 0 radical (unpaired) electrons. The van der Waals surface area contributed by atoms with Crippen molar-refractivity contribution in [2.75, 3.05) is 26.2 Å². The predicted octanol–water partition coefficient (Wildman–Crippen LogP) is -0.289. The van der Waals surface area contributed by atoms with Crippen LogP contribution in [-0.2, 0) is 4.79 Å². The maximum atomic E-state index is 12.4. The molecule has 7 heteroatoms. The van der Waals surface area contributed by atoms with Gasteiger partial charge in [-0.05, 0) is 13.0 Å². The van der Waals surface area contributed by atoms with Gasteiger partial charge in [-0.25, -0.2) is 0 Å². The van der Waals surface area contributed by atoms with Crippen LogP contribution in [0.1, 0.15) is 6.42 Å². The lowest BCUT2D eigenvalue weighted by atomic mass is 9.95. The lowest BCUT2D eigenvalue weighted by Gasteiger charge is -2.44. The van der Waals surface area contributed by atoms with E-state index in [1.54, 1.807) is 0 Å². The van der Waals surface area contributed by atoms with Gasteiger partial charge in [0.2, 0.25) is 0 Å². The molecule has 2 atom stereocenters. The molecule has 2 rings (SSSR count). The van der Waals surface area contributed by atoms with Gasteiger partial charge in [-0.15, -0.1) is 0 Å². The van der Waals surface area contributed by atoms with Crippen LogP contribution in [0.3, 0.4) is 0 Å². The largest absolute Gasteiger partial charge is 0.471 e. The normalized spacial score (nSPS) is 31.1. The van der Waals surface area contributed by atoms with Gasteiger partial charge < -0.3 is 15.5 Å². The van der Waals surface area contributed by atoms with E-state index in [1.807, 2.05) is 0 Å². The Bertz CT molecular complexity index is 278. The number of hydrogen-bond acceptors (Lipinski definition) is 3. The van der Waals surface area contributed by atoms with Crippen molar-refractivity contribution in [3.8, 4) is 0 Å². The van der Waals surface area contributed by atoms with Gasteiger partial charge in [0.1, 0.15) is 0 Å². The molecule has 2 aliphatic rings. The Balaban J connectivity index is 2.06. The number of nitrogens with zero attached hydrogens (tertiary/aromatic N) is 1. The van der Waals surface area contributed by atoms with Crippen molar-refractivity contribution in [3.63, 3.8) is 0 Å². The summed E-state index contributed by atoms with van der Waals surface area (Å²) in [5.41, 5.74) is 0. The van der Waals surface area contributed by atoms with E-state index >= 15 is 0 Å². The Labute approximate surface area is 91.2 Å². The van der Waals surface area contributed by atoms with E-state index in [4.69, 9.17) is 0 Å². The molecule has 2 N–H and O–H groups in total. The van der Waals surface area contributed by atoms with Crippen molar-refractivity contribution in [1.82, 2.24) is 15.5 Å². The summed E-state index contributed by atoms with van der Waals surface area (Å²) in [5.74, 6) is -1.72. The fraction of sp³-hybridized carbons (Fsp3) is 0.889. The fourth-order valence-electron chi connectivity index (χ4n) is 2.14. The van der Waals surface area contributed by atoms with E-state index in [-0.39, 0.29) is 18.6 Å². The molecule has 0 aliphatic carbocycles. The van der Waals surface area contributed by atoms with Gasteiger partial charge in [0, 0.05) is 25.7 Å². The van der Waals surface area contributed by atoms with Gasteiger partial charge >= 0.3 is 12.1 Å². The Morgan fingerprint density at radius 1 is 1.31 bits per heavy atom. The topological polar surface area (TPSA) is 44.4 Å². The Morgan fingerprint density at radius 2 is 2.00 bits per heavy atom. The minimum atomic E-state index is -4.76. The average molecular weight is 237 g/mol. The van der Waals surface area contributed by atoms with Gasteiger partial charge in [-0.3, -0.25) is 4.79 Å². The molecule has 0 spiro atoms. The second kappa shape index (κ2) is 4.21. The molecule has 2 heterocycles. The third-order valence-corrected chi connectivity index (χ3v) is 3.11. The molecule has 4 nitrogen and oxygen atoms in total. The van der Waals surface area contributed by atoms with Gasteiger partial charge in [0.05, 0.1) is 6.04 Å². The van der Waals surface area contributed by atoms with E-state index in [1.165, 1.54) is 0 Å². The smallest absolute Gasteiger partial charge is 0.328 e. The van der Waals surface area contributed by atoms with Gasteiger partial charge in [-0.1, -0.05) is 0 Å². The third-order valence-electron chi connectivity index (χ3n) is 3.11. The highest BCUT2D eigenvalue weighted by Gasteiger charge is 2.47. The molecule has 2 unspecified atom stereocenters. The number of nitrogens with one attached hydrogen (secondary N) is 2. The second-order valence-corrected chi connectivity index (χ2v) is 4.12. The van der Waals surface area contributed by atoms with Gasteiger partial charge in [-0.2, -0.15) is 13.2 Å². The maximum absolute atomic E-state index is 12.4. The maximum Gasteiger partial charge on any atom is 0.471 e. The van der Waals surface area contributed by atoms with E-state index < -0.39 is 12.1 Å². The second-order valence-electron chi connectivity index (χ2n) is 4.12. The minimum absolute atomic E-state index is 0.000833. The van der Waals surface area contributed by atoms with Gasteiger partial charge in [0.25, 0.3) is 0 Å². The van der Waals surface area contributed by atoms with Crippen molar-refractivity contribution in [1.29, 1.82) is 0 Å². The molecule has 0 aromatic carbocycles. The average Bonchev–Trinajstić information content (AvgIpc) is 2.13. The van der Waals surface area contributed by atoms with Crippen LogP contribution in [-0.4, -0.2) is 55.2 Å². The lowest BCUT2D eigenvalue weighted by Crippen LogP contribution is -2.66. The summed E-state index contributed by atoms with van der Waals surface area (Å²) in [6.07, 6.45) is -3.94. The summed E-state index contributed by atoms with van der Waals surface area (Å²) in [6.45, 7) is 1.79. The van der Waals surface area contributed by atoms with Crippen LogP contribution in [0.5, 0.6) is 0 Å². The van der Waals surface area contributed by atoms with Crippen molar-refractivity contribution >= 4 is 5.91 Å². The molecule has 0 bridgehead atoms. The Kier molecular flexibility index (Phi) is 3.07. The van der Waals surface area contributed by atoms with Crippen LogP contribution in [0.4, 0.5) is 13.2 Å². The number of rotatable bonds is 1. The first kappa shape index (κ1) is 11.7.